The molecule has 5 nitrogen and oxygen atoms in total. The lowest BCUT2D eigenvalue weighted by Gasteiger charge is -2.23. The van der Waals surface area contributed by atoms with E-state index in [9.17, 15) is 13.6 Å². The van der Waals surface area contributed by atoms with Gasteiger partial charge < -0.3 is 5.32 Å². The molecule has 1 atom stereocenters. The Labute approximate surface area is 156 Å². The van der Waals surface area contributed by atoms with E-state index in [-0.39, 0.29) is 17.5 Å². The molecule has 0 aliphatic rings. The second-order valence-electron chi connectivity index (χ2n) is 6.41. The average molecular weight is 370 g/mol. The van der Waals surface area contributed by atoms with Crippen molar-refractivity contribution in [1.82, 2.24) is 20.0 Å². The van der Waals surface area contributed by atoms with E-state index in [1.807, 2.05) is 0 Å². The molecule has 0 spiro atoms. The average Bonchev–Trinajstić information content (AvgIpc) is 3.11. The fourth-order valence-electron chi connectivity index (χ4n) is 2.80. The van der Waals surface area contributed by atoms with Gasteiger partial charge in [0.15, 0.2) is 0 Å². The molecule has 2 aromatic carbocycles. The number of nitrogens with zero attached hydrogens (tertiary/aromatic N) is 3. The lowest BCUT2D eigenvalue weighted by molar-refractivity contribution is -0.125. The summed E-state index contributed by atoms with van der Waals surface area (Å²) < 4.78 is 27.8. The van der Waals surface area contributed by atoms with Crippen LogP contribution in [0.25, 0.3) is 5.69 Å². The van der Waals surface area contributed by atoms with Crippen molar-refractivity contribution in [1.29, 1.82) is 0 Å². The Kier molecular flexibility index (Phi) is 5.61. The van der Waals surface area contributed by atoms with E-state index < -0.39 is 6.04 Å². The van der Waals surface area contributed by atoms with Crippen molar-refractivity contribution in [2.75, 3.05) is 14.1 Å². The van der Waals surface area contributed by atoms with E-state index in [1.54, 1.807) is 60.3 Å². The maximum atomic E-state index is 13.1. The summed E-state index contributed by atoms with van der Waals surface area (Å²) in [5.74, 6) is -0.847. The molecule has 3 aromatic rings. The molecule has 0 fully saturated rings. The molecule has 140 valence electrons. The number of carbonyl (C=O) groups is 1. The van der Waals surface area contributed by atoms with Gasteiger partial charge in [-0.25, -0.2) is 13.5 Å². The minimum atomic E-state index is -0.530. The van der Waals surface area contributed by atoms with Crippen LogP contribution in [0.4, 0.5) is 8.78 Å². The van der Waals surface area contributed by atoms with E-state index in [0.29, 0.717) is 12.1 Å². The van der Waals surface area contributed by atoms with Crippen molar-refractivity contribution in [3.63, 3.8) is 0 Å². The summed E-state index contributed by atoms with van der Waals surface area (Å²) in [6, 6.07) is 11.3. The zero-order valence-corrected chi connectivity index (χ0v) is 15.1. The number of likely N-dealkylation sites (N-methyl/N-ethyl adjacent to an activating group) is 1. The summed E-state index contributed by atoms with van der Waals surface area (Å²) in [6.07, 6.45) is 3.42. The van der Waals surface area contributed by atoms with Gasteiger partial charge in [-0.15, -0.1) is 0 Å². The molecule has 1 heterocycles. The van der Waals surface area contributed by atoms with Crippen LogP contribution in [0.15, 0.2) is 60.9 Å². The third kappa shape index (κ3) is 4.57. The zero-order valence-electron chi connectivity index (χ0n) is 15.1. The molecule has 1 N–H and O–H groups in total. The number of benzene rings is 2. The lowest BCUT2D eigenvalue weighted by Crippen LogP contribution is -2.36. The Bertz CT molecular complexity index is 904. The van der Waals surface area contributed by atoms with Crippen LogP contribution >= 0.6 is 0 Å². The lowest BCUT2D eigenvalue weighted by atomic mass is 10.1. The molecular weight excluding hydrogens is 350 g/mol. The van der Waals surface area contributed by atoms with Crippen molar-refractivity contribution < 1.29 is 13.6 Å². The highest BCUT2D eigenvalue weighted by Gasteiger charge is 2.22. The van der Waals surface area contributed by atoms with Gasteiger partial charge in [-0.1, -0.05) is 12.1 Å². The Balaban J connectivity index is 1.67. The molecule has 0 saturated heterocycles. The van der Waals surface area contributed by atoms with Crippen LogP contribution in [0.2, 0.25) is 0 Å². The molecule has 1 aromatic heterocycles. The molecule has 0 saturated carbocycles. The van der Waals surface area contributed by atoms with Crippen molar-refractivity contribution in [2.45, 2.75) is 12.6 Å². The molecule has 0 aliphatic heterocycles. The van der Waals surface area contributed by atoms with E-state index in [1.165, 1.54) is 24.3 Å². The summed E-state index contributed by atoms with van der Waals surface area (Å²) in [4.78, 5) is 14.4. The number of carbonyl (C=O) groups excluding carboxylic acids is 1. The van der Waals surface area contributed by atoms with E-state index in [2.05, 4.69) is 10.4 Å². The highest BCUT2D eigenvalue weighted by molar-refractivity contribution is 5.83. The molecule has 27 heavy (non-hydrogen) atoms. The standard InChI is InChI=1S/C20H20F2N4O/c1-25(2)19(15-3-5-16(21)6-4-15)20(27)23-11-14-12-24-26(13-14)18-9-7-17(22)8-10-18/h3-10,12-13,19H,11H2,1-2H3,(H,23,27). The Morgan fingerprint density at radius 2 is 1.67 bits per heavy atom. The van der Waals surface area contributed by atoms with Gasteiger partial charge in [-0.2, -0.15) is 5.10 Å². The topological polar surface area (TPSA) is 50.2 Å². The number of hydrogen-bond donors (Lipinski definition) is 1. The molecule has 0 aliphatic carbocycles. The van der Waals surface area contributed by atoms with Gasteiger partial charge in [0, 0.05) is 18.3 Å². The number of halogens is 2. The normalized spacial score (nSPS) is 12.2. The van der Waals surface area contributed by atoms with Gasteiger partial charge in [0.1, 0.15) is 17.7 Å². The summed E-state index contributed by atoms with van der Waals surface area (Å²) in [6.45, 7) is 0.297. The predicted octanol–water partition coefficient (Wildman–Crippen LogP) is 3.07. The number of aromatic nitrogens is 2. The van der Waals surface area contributed by atoms with Crippen molar-refractivity contribution in [3.8, 4) is 5.69 Å². The zero-order chi connectivity index (χ0) is 19.4. The number of hydrogen-bond acceptors (Lipinski definition) is 3. The predicted molar refractivity (Wildman–Crippen MR) is 98.2 cm³/mol. The van der Waals surface area contributed by atoms with E-state index >= 15 is 0 Å². The summed E-state index contributed by atoms with van der Waals surface area (Å²) in [7, 11) is 3.58. The van der Waals surface area contributed by atoms with Crippen LogP contribution < -0.4 is 5.32 Å². The van der Waals surface area contributed by atoms with E-state index in [4.69, 9.17) is 0 Å². The Hall–Kier alpha value is -3.06. The number of amides is 1. The fraction of sp³-hybridized carbons (Fsp3) is 0.200. The van der Waals surface area contributed by atoms with Crippen LogP contribution in [0.1, 0.15) is 17.2 Å². The highest BCUT2D eigenvalue weighted by atomic mass is 19.1. The first-order chi connectivity index (χ1) is 12.9. The van der Waals surface area contributed by atoms with Crippen molar-refractivity contribution >= 4 is 5.91 Å². The van der Waals surface area contributed by atoms with Gasteiger partial charge in [0.05, 0.1) is 11.9 Å². The first-order valence-corrected chi connectivity index (χ1v) is 8.43. The third-order valence-corrected chi connectivity index (χ3v) is 4.14. The molecule has 1 amide bonds. The molecule has 3 rings (SSSR count). The largest absolute Gasteiger partial charge is 0.350 e. The summed E-state index contributed by atoms with van der Waals surface area (Å²) >= 11 is 0. The quantitative estimate of drug-likeness (QED) is 0.726. The minimum absolute atomic E-state index is 0.193. The second-order valence-corrected chi connectivity index (χ2v) is 6.41. The number of nitrogens with one attached hydrogen (secondary N) is 1. The molecule has 7 heteroatoms. The fourth-order valence-corrected chi connectivity index (χ4v) is 2.80. The van der Waals surface area contributed by atoms with Gasteiger partial charge in [0.25, 0.3) is 0 Å². The minimum Gasteiger partial charge on any atom is -0.350 e. The van der Waals surface area contributed by atoms with Crippen LogP contribution in [0.5, 0.6) is 0 Å². The first kappa shape index (κ1) is 18.7. The van der Waals surface area contributed by atoms with Crippen LogP contribution in [0, 0.1) is 11.6 Å². The molecule has 0 bridgehead atoms. The van der Waals surface area contributed by atoms with Gasteiger partial charge >= 0.3 is 0 Å². The van der Waals surface area contributed by atoms with E-state index in [0.717, 1.165) is 11.3 Å². The van der Waals surface area contributed by atoms with Gasteiger partial charge in [-0.3, -0.25) is 9.69 Å². The Morgan fingerprint density at radius 1 is 1.07 bits per heavy atom. The number of rotatable bonds is 6. The van der Waals surface area contributed by atoms with Crippen LogP contribution in [0.3, 0.4) is 0 Å². The highest BCUT2D eigenvalue weighted by Crippen LogP contribution is 2.19. The molecule has 1 unspecified atom stereocenters. The SMILES string of the molecule is CN(C)C(C(=O)NCc1cnn(-c2ccc(F)cc2)c1)c1ccc(F)cc1. The van der Waals surface area contributed by atoms with Crippen LogP contribution in [-0.4, -0.2) is 34.7 Å². The van der Waals surface area contributed by atoms with Gasteiger partial charge in [0.2, 0.25) is 5.91 Å². The van der Waals surface area contributed by atoms with Gasteiger partial charge in [-0.05, 0) is 56.1 Å². The Morgan fingerprint density at radius 3 is 2.26 bits per heavy atom. The maximum absolute atomic E-state index is 13.1. The monoisotopic (exact) mass is 370 g/mol. The van der Waals surface area contributed by atoms with Crippen LogP contribution in [-0.2, 0) is 11.3 Å². The molecular formula is C20H20F2N4O. The van der Waals surface area contributed by atoms with Crippen molar-refractivity contribution in [3.05, 3.63) is 83.7 Å². The maximum Gasteiger partial charge on any atom is 0.242 e. The molecule has 0 radical (unpaired) electrons. The summed E-state index contributed by atoms with van der Waals surface area (Å²) in [5.41, 5.74) is 2.25. The van der Waals surface area contributed by atoms with Crippen molar-refractivity contribution in [2.24, 2.45) is 0 Å². The first-order valence-electron chi connectivity index (χ1n) is 8.43. The second kappa shape index (κ2) is 8.09. The summed E-state index contributed by atoms with van der Waals surface area (Å²) in [5, 5.41) is 7.11. The smallest absolute Gasteiger partial charge is 0.242 e. The third-order valence-electron chi connectivity index (χ3n) is 4.14.